The molecule has 4 aromatic rings. The lowest BCUT2D eigenvalue weighted by molar-refractivity contribution is 0.480. The first-order valence-electron chi connectivity index (χ1n) is 6.58. The zero-order valence-electron chi connectivity index (χ0n) is 11.4. The lowest BCUT2D eigenvalue weighted by Crippen LogP contribution is -2.19. The number of aromatic hydroxyl groups is 1. The molecule has 2 N–H and O–H groups in total. The third-order valence-corrected chi connectivity index (χ3v) is 4.20. The number of nitrogens with zero attached hydrogens (tertiary/aromatic N) is 3. The molecule has 0 bridgehead atoms. The zero-order chi connectivity index (χ0) is 16.1. The van der Waals surface area contributed by atoms with Gasteiger partial charge in [0.2, 0.25) is 0 Å². The van der Waals surface area contributed by atoms with Gasteiger partial charge in [0.1, 0.15) is 11.8 Å². The molecule has 0 amide bonds. The summed E-state index contributed by atoms with van der Waals surface area (Å²) >= 11 is 12.0. The second-order valence-electron chi connectivity index (χ2n) is 4.97. The molecular formula is C15H8Cl2N4O2. The fraction of sp³-hybridized carbons (Fsp3) is 0. The molecule has 0 atom stereocenters. The average molecular weight is 347 g/mol. The molecule has 0 aliphatic carbocycles. The van der Waals surface area contributed by atoms with Crippen LogP contribution in [0.15, 0.2) is 41.6 Å². The van der Waals surface area contributed by atoms with Crippen molar-refractivity contribution in [2.45, 2.75) is 0 Å². The van der Waals surface area contributed by atoms with Crippen LogP contribution in [-0.4, -0.2) is 24.9 Å². The maximum absolute atomic E-state index is 12.7. The Bertz CT molecular complexity index is 1130. The van der Waals surface area contributed by atoms with E-state index in [4.69, 9.17) is 23.2 Å². The van der Waals surface area contributed by atoms with Crippen LogP contribution in [0.1, 0.15) is 0 Å². The number of fused-ring (bicyclic) bond motifs is 2. The molecule has 0 spiro atoms. The molecule has 4 rings (SSSR count). The second-order valence-corrected chi connectivity index (χ2v) is 5.79. The van der Waals surface area contributed by atoms with Crippen molar-refractivity contribution in [2.24, 2.45) is 0 Å². The van der Waals surface area contributed by atoms with Gasteiger partial charge in [-0.3, -0.25) is 14.5 Å². The van der Waals surface area contributed by atoms with E-state index in [9.17, 15) is 9.90 Å². The Balaban J connectivity index is 2.05. The first-order chi connectivity index (χ1) is 11.1. The van der Waals surface area contributed by atoms with Gasteiger partial charge in [0, 0.05) is 5.39 Å². The Morgan fingerprint density at radius 2 is 2.00 bits per heavy atom. The highest BCUT2D eigenvalue weighted by atomic mass is 35.5. The fourth-order valence-corrected chi connectivity index (χ4v) is 3.01. The number of aromatic nitrogens is 4. The molecule has 8 heteroatoms. The lowest BCUT2D eigenvalue weighted by Gasteiger charge is -2.09. The Kier molecular flexibility index (Phi) is 3.04. The summed E-state index contributed by atoms with van der Waals surface area (Å²) in [6, 6.07) is 6.71. The van der Waals surface area contributed by atoms with E-state index in [0.29, 0.717) is 5.69 Å². The molecule has 0 fully saturated rings. The van der Waals surface area contributed by atoms with Gasteiger partial charge < -0.3 is 5.11 Å². The molecule has 0 aliphatic heterocycles. The predicted octanol–water partition coefficient (Wildman–Crippen LogP) is 3.27. The van der Waals surface area contributed by atoms with Crippen molar-refractivity contribution >= 4 is 45.0 Å². The molecule has 2 aromatic heterocycles. The Morgan fingerprint density at radius 3 is 2.83 bits per heavy atom. The van der Waals surface area contributed by atoms with Gasteiger partial charge in [0.05, 0.1) is 32.8 Å². The largest absolute Gasteiger partial charge is 0.504 e. The van der Waals surface area contributed by atoms with Crippen LogP contribution in [0.2, 0.25) is 10.0 Å². The summed E-state index contributed by atoms with van der Waals surface area (Å²) in [4.78, 5) is 16.9. The van der Waals surface area contributed by atoms with Crippen LogP contribution in [0.25, 0.3) is 27.5 Å². The first kappa shape index (κ1) is 14.0. The van der Waals surface area contributed by atoms with E-state index in [-0.39, 0.29) is 26.7 Å². The summed E-state index contributed by atoms with van der Waals surface area (Å²) < 4.78 is 1.36. The minimum absolute atomic E-state index is 0.0481. The number of rotatable bonds is 1. The Hall–Kier alpha value is -2.57. The normalized spacial score (nSPS) is 11.4. The van der Waals surface area contributed by atoms with Crippen molar-refractivity contribution in [2.75, 3.05) is 0 Å². The van der Waals surface area contributed by atoms with Crippen molar-refractivity contribution in [1.82, 2.24) is 19.7 Å². The number of H-pyrrole nitrogens is 1. The summed E-state index contributed by atoms with van der Waals surface area (Å²) in [5, 5.41) is 17.9. The highest BCUT2D eigenvalue weighted by Gasteiger charge is 2.16. The number of phenolic OH excluding ortho intramolecular Hbond substituents is 1. The average Bonchev–Trinajstić information content (AvgIpc) is 3.00. The Morgan fingerprint density at radius 1 is 1.17 bits per heavy atom. The molecule has 0 saturated carbocycles. The van der Waals surface area contributed by atoms with Gasteiger partial charge in [-0.05, 0) is 24.3 Å². The van der Waals surface area contributed by atoms with Crippen LogP contribution < -0.4 is 5.56 Å². The molecule has 2 aromatic carbocycles. The standard InChI is InChI=1S/C15H8Cl2N4O2/c16-9-4-10(17)14(22)13-12(9)15(23)21(6-18-13)8-1-2-11-7(3-8)5-19-20-11/h1-6,22H,(H,19,20). The molecule has 2 heterocycles. The van der Waals surface area contributed by atoms with Gasteiger partial charge >= 0.3 is 0 Å². The van der Waals surface area contributed by atoms with Crippen LogP contribution in [0.4, 0.5) is 0 Å². The van der Waals surface area contributed by atoms with Gasteiger partial charge in [-0.15, -0.1) is 0 Å². The van der Waals surface area contributed by atoms with E-state index in [0.717, 1.165) is 10.9 Å². The summed E-state index contributed by atoms with van der Waals surface area (Å²) in [5.41, 5.74) is 1.16. The number of benzene rings is 2. The molecule has 0 unspecified atom stereocenters. The maximum Gasteiger partial charge on any atom is 0.267 e. The Labute approximate surface area is 138 Å². The molecule has 23 heavy (non-hydrogen) atoms. The van der Waals surface area contributed by atoms with Crippen LogP contribution in [0.5, 0.6) is 5.75 Å². The number of halogens is 2. The molecule has 0 saturated heterocycles. The van der Waals surface area contributed by atoms with E-state index in [1.54, 1.807) is 18.3 Å². The van der Waals surface area contributed by atoms with Gasteiger partial charge in [-0.2, -0.15) is 5.10 Å². The summed E-state index contributed by atoms with van der Waals surface area (Å²) in [5.74, 6) is -0.263. The van der Waals surface area contributed by atoms with Crippen molar-refractivity contribution in [1.29, 1.82) is 0 Å². The van der Waals surface area contributed by atoms with Crippen LogP contribution in [0.3, 0.4) is 0 Å². The smallest absolute Gasteiger partial charge is 0.267 e. The van der Waals surface area contributed by atoms with Crippen LogP contribution in [0, 0.1) is 0 Å². The number of hydrogen-bond acceptors (Lipinski definition) is 4. The molecule has 0 radical (unpaired) electrons. The predicted molar refractivity (Wildman–Crippen MR) is 88.7 cm³/mol. The summed E-state index contributed by atoms with van der Waals surface area (Å²) in [6.07, 6.45) is 3.00. The van der Waals surface area contributed by atoms with Crippen molar-refractivity contribution < 1.29 is 5.11 Å². The molecule has 114 valence electrons. The highest BCUT2D eigenvalue weighted by molar-refractivity contribution is 6.39. The third-order valence-electron chi connectivity index (χ3n) is 3.62. The number of hydrogen-bond donors (Lipinski definition) is 2. The third kappa shape index (κ3) is 2.07. The number of aromatic amines is 1. The van der Waals surface area contributed by atoms with E-state index in [1.165, 1.54) is 17.0 Å². The quantitative estimate of drug-likeness (QED) is 0.554. The highest BCUT2D eigenvalue weighted by Crippen LogP contribution is 2.34. The number of phenols is 1. The number of nitrogens with one attached hydrogen (secondary N) is 1. The minimum Gasteiger partial charge on any atom is -0.504 e. The minimum atomic E-state index is -0.394. The van der Waals surface area contributed by atoms with Gasteiger partial charge in [-0.25, -0.2) is 4.98 Å². The zero-order valence-corrected chi connectivity index (χ0v) is 12.9. The SMILES string of the molecule is O=c1c2c(Cl)cc(Cl)c(O)c2ncn1-c1ccc2[nH]ncc2c1. The first-order valence-corrected chi connectivity index (χ1v) is 7.33. The molecular weight excluding hydrogens is 339 g/mol. The van der Waals surface area contributed by atoms with Gasteiger partial charge in [0.25, 0.3) is 5.56 Å². The van der Waals surface area contributed by atoms with Gasteiger partial charge in [-0.1, -0.05) is 23.2 Å². The van der Waals surface area contributed by atoms with Crippen molar-refractivity contribution in [3.05, 3.63) is 57.2 Å². The van der Waals surface area contributed by atoms with Crippen LogP contribution in [-0.2, 0) is 0 Å². The van der Waals surface area contributed by atoms with E-state index < -0.39 is 5.56 Å². The monoisotopic (exact) mass is 346 g/mol. The van der Waals surface area contributed by atoms with Crippen molar-refractivity contribution in [3.8, 4) is 11.4 Å². The summed E-state index contributed by atoms with van der Waals surface area (Å²) in [7, 11) is 0. The van der Waals surface area contributed by atoms with Gasteiger partial charge in [0.15, 0.2) is 5.75 Å². The maximum atomic E-state index is 12.7. The van der Waals surface area contributed by atoms with E-state index >= 15 is 0 Å². The van der Waals surface area contributed by atoms with E-state index in [2.05, 4.69) is 15.2 Å². The molecule has 6 nitrogen and oxygen atoms in total. The van der Waals surface area contributed by atoms with E-state index in [1.807, 2.05) is 6.07 Å². The fourth-order valence-electron chi connectivity index (χ4n) is 2.48. The summed E-state index contributed by atoms with van der Waals surface area (Å²) in [6.45, 7) is 0. The molecule has 0 aliphatic rings. The second kappa shape index (κ2) is 4.97. The lowest BCUT2D eigenvalue weighted by atomic mass is 10.2. The topological polar surface area (TPSA) is 83.8 Å². The van der Waals surface area contributed by atoms with Crippen LogP contribution >= 0.6 is 23.2 Å². The van der Waals surface area contributed by atoms with Crippen molar-refractivity contribution in [3.63, 3.8) is 0 Å².